The minimum Gasteiger partial charge on any atom is -0.354 e. The van der Waals surface area contributed by atoms with Crippen LogP contribution in [-0.4, -0.2) is 37.8 Å². The van der Waals surface area contributed by atoms with Crippen LogP contribution >= 0.6 is 0 Å². The molecule has 112 valence electrons. The summed E-state index contributed by atoms with van der Waals surface area (Å²) in [7, 11) is 0. The first-order valence-electron chi connectivity index (χ1n) is 7.59. The van der Waals surface area contributed by atoms with Gasteiger partial charge in [0.25, 0.3) is 5.95 Å². The van der Waals surface area contributed by atoms with E-state index in [1.807, 2.05) is 12.3 Å². The largest absolute Gasteiger partial charge is 0.354 e. The summed E-state index contributed by atoms with van der Waals surface area (Å²) in [6, 6.07) is 1.85. The molecule has 1 saturated carbocycles. The molecule has 7 nitrogen and oxygen atoms in total. The SMILES string of the molecule is CCCNc1nc(NCC2CCC2)nc(-n2cccn2)n1. The first kappa shape index (κ1) is 13.8. The minimum absolute atomic E-state index is 0.532. The smallest absolute Gasteiger partial charge is 0.257 e. The molecular formula is C14H21N7. The van der Waals surface area contributed by atoms with Crippen molar-refractivity contribution in [3.8, 4) is 5.95 Å². The van der Waals surface area contributed by atoms with Crippen LogP contribution in [0.4, 0.5) is 11.9 Å². The first-order valence-corrected chi connectivity index (χ1v) is 7.59. The lowest BCUT2D eigenvalue weighted by Crippen LogP contribution is -2.22. The predicted molar refractivity (Wildman–Crippen MR) is 81.6 cm³/mol. The van der Waals surface area contributed by atoms with Gasteiger partial charge in [0.1, 0.15) is 0 Å². The molecule has 0 saturated heterocycles. The quantitative estimate of drug-likeness (QED) is 0.811. The second-order valence-electron chi connectivity index (χ2n) is 5.34. The van der Waals surface area contributed by atoms with Crippen molar-refractivity contribution in [2.75, 3.05) is 23.7 Å². The summed E-state index contributed by atoms with van der Waals surface area (Å²) in [4.78, 5) is 13.3. The molecule has 0 amide bonds. The van der Waals surface area contributed by atoms with Crippen molar-refractivity contribution in [2.45, 2.75) is 32.6 Å². The zero-order valence-electron chi connectivity index (χ0n) is 12.3. The number of hydrogen-bond acceptors (Lipinski definition) is 6. The van der Waals surface area contributed by atoms with Gasteiger partial charge >= 0.3 is 0 Å². The lowest BCUT2D eigenvalue weighted by molar-refractivity contribution is 0.333. The molecule has 21 heavy (non-hydrogen) atoms. The molecule has 1 aliphatic rings. The highest BCUT2D eigenvalue weighted by atomic mass is 15.4. The molecule has 2 aromatic rings. The van der Waals surface area contributed by atoms with Gasteiger partial charge in [-0.15, -0.1) is 0 Å². The molecule has 3 rings (SSSR count). The fourth-order valence-electron chi connectivity index (χ4n) is 2.18. The van der Waals surface area contributed by atoms with Crippen molar-refractivity contribution in [3.63, 3.8) is 0 Å². The standard InChI is InChI=1S/C14H21N7/c1-2-7-15-12-18-13(16-10-11-5-3-6-11)20-14(19-12)21-9-4-8-17-21/h4,8-9,11H,2-3,5-7,10H2,1H3,(H2,15,16,18,19,20). The van der Waals surface area contributed by atoms with Crippen LogP contribution in [0.3, 0.4) is 0 Å². The summed E-state index contributed by atoms with van der Waals surface area (Å²) in [5.41, 5.74) is 0. The summed E-state index contributed by atoms with van der Waals surface area (Å²) in [5.74, 6) is 2.49. The van der Waals surface area contributed by atoms with E-state index in [1.54, 1.807) is 10.9 Å². The topological polar surface area (TPSA) is 80.5 Å². The highest BCUT2D eigenvalue weighted by Crippen LogP contribution is 2.26. The normalized spacial score (nSPS) is 14.7. The van der Waals surface area contributed by atoms with Gasteiger partial charge in [-0.2, -0.15) is 20.1 Å². The summed E-state index contributed by atoms with van der Waals surface area (Å²) in [5, 5.41) is 10.7. The van der Waals surface area contributed by atoms with Crippen molar-refractivity contribution in [3.05, 3.63) is 18.5 Å². The molecule has 2 heterocycles. The molecule has 7 heteroatoms. The summed E-state index contributed by atoms with van der Waals surface area (Å²) >= 11 is 0. The number of anilines is 2. The molecule has 0 aromatic carbocycles. The van der Waals surface area contributed by atoms with E-state index in [0.29, 0.717) is 17.8 Å². The third-order valence-corrected chi connectivity index (χ3v) is 3.64. The highest BCUT2D eigenvalue weighted by Gasteiger charge is 2.17. The number of nitrogens with zero attached hydrogens (tertiary/aromatic N) is 5. The van der Waals surface area contributed by atoms with E-state index in [1.165, 1.54) is 19.3 Å². The van der Waals surface area contributed by atoms with E-state index in [-0.39, 0.29) is 0 Å². The third kappa shape index (κ3) is 3.48. The van der Waals surface area contributed by atoms with Gasteiger partial charge in [0.2, 0.25) is 11.9 Å². The van der Waals surface area contributed by atoms with Crippen LogP contribution in [0.5, 0.6) is 0 Å². The van der Waals surface area contributed by atoms with E-state index < -0.39 is 0 Å². The van der Waals surface area contributed by atoms with Gasteiger partial charge < -0.3 is 10.6 Å². The molecule has 0 spiro atoms. The van der Waals surface area contributed by atoms with Crippen LogP contribution in [0.2, 0.25) is 0 Å². The monoisotopic (exact) mass is 287 g/mol. The Hall–Kier alpha value is -2.18. The molecule has 0 aliphatic heterocycles. The molecule has 0 atom stereocenters. The van der Waals surface area contributed by atoms with Gasteiger partial charge in [0.05, 0.1) is 0 Å². The maximum absolute atomic E-state index is 4.44. The Morgan fingerprint density at radius 3 is 2.62 bits per heavy atom. The average molecular weight is 287 g/mol. The van der Waals surface area contributed by atoms with E-state index >= 15 is 0 Å². The second kappa shape index (κ2) is 6.51. The Kier molecular flexibility index (Phi) is 4.28. The Bertz CT molecular complexity index is 563. The Labute approximate surface area is 124 Å². The van der Waals surface area contributed by atoms with Gasteiger partial charge in [-0.3, -0.25) is 0 Å². The Morgan fingerprint density at radius 1 is 1.19 bits per heavy atom. The van der Waals surface area contributed by atoms with E-state index in [9.17, 15) is 0 Å². The molecule has 0 radical (unpaired) electrons. The Balaban J connectivity index is 1.77. The van der Waals surface area contributed by atoms with Crippen LogP contribution < -0.4 is 10.6 Å². The fraction of sp³-hybridized carbons (Fsp3) is 0.571. The summed E-state index contributed by atoms with van der Waals surface area (Å²) < 4.78 is 1.65. The van der Waals surface area contributed by atoms with Gasteiger partial charge in [0.15, 0.2) is 0 Å². The summed E-state index contributed by atoms with van der Waals surface area (Å²) in [6.07, 6.45) is 8.49. The van der Waals surface area contributed by atoms with E-state index in [0.717, 1.165) is 25.4 Å². The van der Waals surface area contributed by atoms with E-state index in [4.69, 9.17) is 0 Å². The van der Waals surface area contributed by atoms with Crippen LogP contribution in [0.25, 0.3) is 5.95 Å². The number of aromatic nitrogens is 5. The van der Waals surface area contributed by atoms with Crippen molar-refractivity contribution in [1.82, 2.24) is 24.7 Å². The van der Waals surface area contributed by atoms with Gasteiger partial charge in [-0.25, -0.2) is 4.68 Å². The molecular weight excluding hydrogens is 266 g/mol. The molecule has 1 aliphatic carbocycles. The molecule has 0 bridgehead atoms. The fourth-order valence-corrected chi connectivity index (χ4v) is 2.18. The second-order valence-corrected chi connectivity index (χ2v) is 5.34. The van der Waals surface area contributed by atoms with Crippen LogP contribution in [0.15, 0.2) is 18.5 Å². The minimum atomic E-state index is 0.532. The van der Waals surface area contributed by atoms with Crippen molar-refractivity contribution in [2.24, 2.45) is 5.92 Å². The number of hydrogen-bond donors (Lipinski definition) is 2. The zero-order chi connectivity index (χ0) is 14.5. The lowest BCUT2D eigenvalue weighted by Gasteiger charge is -2.25. The van der Waals surface area contributed by atoms with Gasteiger partial charge in [0, 0.05) is 25.5 Å². The van der Waals surface area contributed by atoms with Crippen LogP contribution in [0.1, 0.15) is 32.6 Å². The third-order valence-electron chi connectivity index (χ3n) is 3.64. The average Bonchev–Trinajstić information content (AvgIpc) is 2.97. The maximum atomic E-state index is 4.44. The van der Waals surface area contributed by atoms with Crippen LogP contribution in [0, 0.1) is 5.92 Å². The Morgan fingerprint density at radius 2 is 2.00 bits per heavy atom. The predicted octanol–water partition coefficient (Wildman–Crippen LogP) is 2.09. The molecule has 0 unspecified atom stereocenters. The number of nitrogens with one attached hydrogen (secondary N) is 2. The van der Waals surface area contributed by atoms with Crippen molar-refractivity contribution in [1.29, 1.82) is 0 Å². The molecule has 2 aromatic heterocycles. The number of rotatable bonds is 7. The first-order chi connectivity index (χ1) is 10.3. The highest BCUT2D eigenvalue weighted by molar-refractivity contribution is 5.37. The van der Waals surface area contributed by atoms with Crippen LogP contribution in [-0.2, 0) is 0 Å². The van der Waals surface area contributed by atoms with Crippen molar-refractivity contribution >= 4 is 11.9 Å². The maximum Gasteiger partial charge on any atom is 0.257 e. The van der Waals surface area contributed by atoms with E-state index in [2.05, 4.69) is 37.6 Å². The molecule has 1 fully saturated rings. The molecule has 2 N–H and O–H groups in total. The van der Waals surface area contributed by atoms with Crippen molar-refractivity contribution < 1.29 is 0 Å². The zero-order valence-corrected chi connectivity index (χ0v) is 12.3. The van der Waals surface area contributed by atoms with Gasteiger partial charge in [-0.1, -0.05) is 13.3 Å². The lowest BCUT2D eigenvalue weighted by atomic mass is 9.85. The van der Waals surface area contributed by atoms with Gasteiger partial charge in [-0.05, 0) is 31.2 Å². The summed E-state index contributed by atoms with van der Waals surface area (Å²) in [6.45, 7) is 3.87.